The predicted molar refractivity (Wildman–Crippen MR) is 98.1 cm³/mol. The van der Waals surface area contributed by atoms with Crippen LogP contribution in [0, 0.1) is 11.6 Å². The summed E-state index contributed by atoms with van der Waals surface area (Å²) in [6.07, 6.45) is 1.26. The van der Waals surface area contributed by atoms with Gasteiger partial charge in [0.1, 0.15) is 0 Å². The van der Waals surface area contributed by atoms with E-state index in [9.17, 15) is 13.6 Å². The van der Waals surface area contributed by atoms with Gasteiger partial charge in [0.05, 0.1) is 24.4 Å². The summed E-state index contributed by atoms with van der Waals surface area (Å²) in [7, 11) is -0.849. The van der Waals surface area contributed by atoms with Crippen LogP contribution in [0.15, 0.2) is 12.1 Å². The highest BCUT2D eigenvalue weighted by Crippen LogP contribution is 2.36. The number of benzene rings is 1. The van der Waals surface area contributed by atoms with E-state index in [2.05, 4.69) is 0 Å². The van der Waals surface area contributed by atoms with Gasteiger partial charge >= 0.3 is 13.1 Å². The molecule has 0 amide bonds. The number of hydrogen-bond donors (Lipinski definition) is 0. The zero-order valence-electron chi connectivity index (χ0n) is 16.6. The highest BCUT2D eigenvalue weighted by molar-refractivity contribution is 6.62. The molecule has 150 valence electrons. The number of rotatable bonds is 8. The maximum absolute atomic E-state index is 14.3. The van der Waals surface area contributed by atoms with E-state index in [1.54, 1.807) is 6.92 Å². The summed E-state index contributed by atoms with van der Waals surface area (Å²) in [6, 6.07) is 2.33. The van der Waals surface area contributed by atoms with Crippen LogP contribution < -0.4 is 10.2 Å². The summed E-state index contributed by atoms with van der Waals surface area (Å²) in [6.45, 7) is 9.64. The zero-order valence-corrected chi connectivity index (χ0v) is 16.6. The maximum Gasteiger partial charge on any atom is 0.495 e. The lowest BCUT2D eigenvalue weighted by Gasteiger charge is -2.32. The fourth-order valence-corrected chi connectivity index (χ4v) is 2.61. The summed E-state index contributed by atoms with van der Waals surface area (Å²) < 4.78 is 50.3. The van der Waals surface area contributed by atoms with Crippen LogP contribution in [0.2, 0.25) is 0 Å². The molecule has 1 aromatic carbocycles. The third kappa shape index (κ3) is 5.20. The van der Waals surface area contributed by atoms with Crippen molar-refractivity contribution < 1.29 is 32.4 Å². The molecule has 1 saturated heterocycles. The average molecular weight is 384 g/mol. The van der Waals surface area contributed by atoms with Crippen LogP contribution in [0.4, 0.5) is 8.78 Å². The Kier molecular flexibility index (Phi) is 6.86. The summed E-state index contributed by atoms with van der Waals surface area (Å²) in [5, 5.41) is 0. The largest absolute Gasteiger partial charge is 0.495 e. The first-order chi connectivity index (χ1) is 12.6. The fourth-order valence-electron chi connectivity index (χ4n) is 2.61. The Morgan fingerprint density at radius 3 is 2.15 bits per heavy atom. The second-order valence-corrected chi connectivity index (χ2v) is 7.51. The van der Waals surface area contributed by atoms with Crippen LogP contribution in [0.3, 0.4) is 0 Å². The molecule has 1 heterocycles. The minimum Gasteiger partial charge on any atom is -0.488 e. The van der Waals surface area contributed by atoms with Crippen LogP contribution in [0.5, 0.6) is 5.75 Å². The van der Waals surface area contributed by atoms with Crippen LogP contribution in [0.25, 0.3) is 0 Å². The predicted octanol–water partition coefficient (Wildman–Crippen LogP) is 3.38. The van der Waals surface area contributed by atoms with E-state index < -0.39 is 35.7 Å². The standard InChI is InChI=1S/C19H27BF2O5/c1-6-24-16(23)9-7-8-10-25-17-14(21)11-13(12-15(17)22)20-26-18(2,3)19(4,5)27-20/h11-12H,6-10H2,1-5H3. The highest BCUT2D eigenvalue weighted by atomic mass is 19.1. The summed E-state index contributed by atoms with van der Waals surface area (Å²) in [5.41, 5.74) is -0.935. The van der Waals surface area contributed by atoms with E-state index in [0.717, 1.165) is 0 Å². The zero-order chi connectivity index (χ0) is 20.2. The Morgan fingerprint density at radius 2 is 1.63 bits per heavy atom. The number of carbonyl (C=O) groups excluding carboxylic acids is 1. The molecular formula is C19H27BF2O5. The van der Waals surface area contributed by atoms with Gasteiger partial charge in [0.25, 0.3) is 0 Å². The first-order valence-electron chi connectivity index (χ1n) is 9.20. The van der Waals surface area contributed by atoms with Gasteiger partial charge in [-0.15, -0.1) is 0 Å². The molecular weight excluding hydrogens is 357 g/mol. The SMILES string of the molecule is CCOC(=O)CCCCOc1c(F)cc(B2OC(C)(C)C(C)(C)O2)cc1F. The second kappa shape index (κ2) is 8.56. The molecule has 1 fully saturated rings. The molecule has 0 bridgehead atoms. The highest BCUT2D eigenvalue weighted by Gasteiger charge is 2.52. The fraction of sp³-hybridized carbons (Fsp3) is 0.632. The van der Waals surface area contributed by atoms with E-state index in [1.165, 1.54) is 12.1 Å². The van der Waals surface area contributed by atoms with Crippen LogP contribution in [-0.4, -0.2) is 37.5 Å². The van der Waals surface area contributed by atoms with Crippen molar-refractivity contribution in [3.05, 3.63) is 23.8 Å². The Labute approximate surface area is 159 Å². The molecule has 0 atom stereocenters. The van der Waals surface area contributed by atoms with E-state index in [0.29, 0.717) is 19.4 Å². The molecule has 0 aliphatic carbocycles. The van der Waals surface area contributed by atoms with Gasteiger partial charge in [-0.1, -0.05) is 0 Å². The van der Waals surface area contributed by atoms with Gasteiger partial charge < -0.3 is 18.8 Å². The molecule has 0 radical (unpaired) electrons. The monoisotopic (exact) mass is 384 g/mol. The van der Waals surface area contributed by atoms with Gasteiger partial charge in [0.2, 0.25) is 0 Å². The number of carbonyl (C=O) groups is 1. The van der Waals surface area contributed by atoms with Crippen molar-refractivity contribution in [1.29, 1.82) is 0 Å². The Bertz CT molecular complexity index is 639. The van der Waals surface area contributed by atoms with Crippen molar-refractivity contribution in [2.75, 3.05) is 13.2 Å². The van der Waals surface area contributed by atoms with E-state index in [-0.39, 0.29) is 24.5 Å². The van der Waals surface area contributed by atoms with E-state index >= 15 is 0 Å². The number of halogens is 2. The van der Waals surface area contributed by atoms with Gasteiger partial charge in [-0.05, 0) is 65.1 Å². The number of ether oxygens (including phenoxy) is 2. The van der Waals surface area contributed by atoms with Gasteiger partial charge in [-0.3, -0.25) is 4.79 Å². The van der Waals surface area contributed by atoms with Crippen LogP contribution in [-0.2, 0) is 18.8 Å². The van der Waals surface area contributed by atoms with Crippen molar-refractivity contribution in [3.8, 4) is 5.75 Å². The van der Waals surface area contributed by atoms with Crippen molar-refractivity contribution in [3.63, 3.8) is 0 Å². The number of hydrogen-bond acceptors (Lipinski definition) is 5. The Hall–Kier alpha value is -1.67. The Balaban J connectivity index is 1.94. The lowest BCUT2D eigenvalue weighted by molar-refractivity contribution is -0.143. The molecule has 0 aromatic heterocycles. The molecule has 1 aromatic rings. The lowest BCUT2D eigenvalue weighted by atomic mass is 9.79. The van der Waals surface area contributed by atoms with Crippen molar-refractivity contribution in [2.45, 2.75) is 65.1 Å². The van der Waals surface area contributed by atoms with Gasteiger partial charge in [0.15, 0.2) is 17.4 Å². The molecule has 5 nitrogen and oxygen atoms in total. The van der Waals surface area contributed by atoms with E-state index in [4.69, 9.17) is 18.8 Å². The van der Waals surface area contributed by atoms with Gasteiger partial charge in [0, 0.05) is 6.42 Å². The smallest absolute Gasteiger partial charge is 0.488 e. The van der Waals surface area contributed by atoms with E-state index in [1.807, 2.05) is 27.7 Å². The first-order valence-corrected chi connectivity index (χ1v) is 9.20. The van der Waals surface area contributed by atoms with Gasteiger partial charge in [-0.2, -0.15) is 0 Å². The number of esters is 1. The molecule has 8 heteroatoms. The summed E-state index contributed by atoms with van der Waals surface area (Å²) >= 11 is 0. The third-order valence-electron chi connectivity index (χ3n) is 4.87. The molecule has 2 rings (SSSR count). The molecule has 0 spiro atoms. The Morgan fingerprint density at radius 1 is 1.07 bits per heavy atom. The summed E-state index contributed by atoms with van der Waals surface area (Å²) in [5.74, 6) is -2.36. The molecule has 27 heavy (non-hydrogen) atoms. The second-order valence-electron chi connectivity index (χ2n) is 7.51. The molecule has 0 unspecified atom stereocenters. The van der Waals surface area contributed by atoms with Crippen LogP contribution in [0.1, 0.15) is 53.9 Å². The summed E-state index contributed by atoms with van der Waals surface area (Å²) in [4.78, 5) is 11.2. The third-order valence-corrected chi connectivity index (χ3v) is 4.87. The maximum atomic E-state index is 14.3. The average Bonchev–Trinajstić information content (AvgIpc) is 2.77. The number of unbranched alkanes of at least 4 members (excludes halogenated alkanes) is 1. The van der Waals surface area contributed by atoms with Crippen molar-refractivity contribution in [1.82, 2.24) is 0 Å². The minimum absolute atomic E-state index is 0.100. The molecule has 0 N–H and O–H groups in total. The normalized spacial score (nSPS) is 17.8. The van der Waals surface area contributed by atoms with Crippen molar-refractivity contribution >= 4 is 18.6 Å². The van der Waals surface area contributed by atoms with Crippen molar-refractivity contribution in [2.24, 2.45) is 0 Å². The molecule has 1 aliphatic heterocycles. The van der Waals surface area contributed by atoms with Gasteiger partial charge in [-0.25, -0.2) is 8.78 Å². The molecule has 1 aliphatic rings. The first kappa shape index (κ1) is 21.6. The topological polar surface area (TPSA) is 54.0 Å². The van der Waals surface area contributed by atoms with Crippen LogP contribution >= 0.6 is 0 Å². The minimum atomic E-state index is -0.849. The lowest BCUT2D eigenvalue weighted by Crippen LogP contribution is -2.41. The molecule has 0 saturated carbocycles. The quantitative estimate of drug-likeness (QED) is 0.391.